The summed E-state index contributed by atoms with van der Waals surface area (Å²) in [7, 11) is -3.79. The maximum Gasteiger partial charge on any atom is 0.258 e. The quantitative estimate of drug-likeness (QED) is 0.847. The summed E-state index contributed by atoms with van der Waals surface area (Å²) in [5.74, 6) is -1.61. The second kappa shape index (κ2) is 7.29. The molecule has 128 valence electrons. The zero-order valence-corrected chi connectivity index (χ0v) is 14.6. The first kappa shape index (κ1) is 18.4. The summed E-state index contributed by atoms with van der Waals surface area (Å²) in [6.07, 6.45) is 0. The molecule has 0 spiro atoms. The number of hydrogen-bond donors (Lipinski definition) is 2. The van der Waals surface area contributed by atoms with Crippen LogP contribution < -0.4 is 10.0 Å². The van der Waals surface area contributed by atoms with Crippen molar-refractivity contribution in [1.82, 2.24) is 4.72 Å². The molecule has 0 heterocycles. The van der Waals surface area contributed by atoms with Gasteiger partial charge in [-0.15, -0.1) is 0 Å². The van der Waals surface area contributed by atoms with Gasteiger partial charge in [-0.05, 0) is 42.8 Å². The van der Waals surface area contributed by atoms with Gasteiger partial charge in [0.05, 0.1) is 21.2 Å². The number of amides is 1. The SMILES string of the molecule is CCNS(=O)(=O)c1ccc(F)c(C(=O)Nc2ccc(C)cc2Cl)c1. The molecular formula is C16H16ClFN2O3S. The van der Waals surface area contributed by atoms with Gasteiger partial charge in [-0.25, -0.2) is 17.5 Å². The van der Waals surface area contributed by atoms with E-state index < -0.39 is 21.7 Å². The van der Waals surface area contributed by atoms with E-state index in [2.05, 4.69) is 10.0 Å². The molecule has 0 unspecified atom stereocenters. The monoisotopic (exact) mass is 370 g/mol. The molecule has 5 nitrogen and oxygen atoms in total. The van der Waals surface area contributed by atoms with Gasteiger partial charge in [0.25, 0.3) is 5.91 Å². The molecule has 8 heteroatoms. The van der Waals surface area contributed by atoms with Crippen LogP contribution in [0, 0.1) is 12.7 Å². The fourth-order valence-electron chi connectivity index (χ4n) is 2.03. The minimum Gasteiger partial charge on any atom is -0.321 e. The lowest BCUT2D eigenvalue weighted by molar-refractivity contribution is 0.102. The highest BCUT2D eigenvalue weighted by molar-refractivity contribution is 7.89. The van der Waals surface area contributed by atoms with Gasteiger partial charge < -0.3 is 5.32 Å². The summed E-state index contributed by atoms with van der Waals surface area (Å²) in [6, 6.07) is 8.01. The Kier molecular flexibility index (Phi) is 5.58. The number of anilines is 1. The Morgan fingerprint density at radius 2 is 1.92 bits per heavy atom. The second-order valence-electron chi connectivity index (χ2n) is 5.08. The zero-order valence-electron chi connectivity index (χ0n) is 13.1. The van der Waals surface area contributed by atoms with Crippen LogP contribution in [0.15, 0.2) is 41.3 Å². The average Bonchev–Trinajstić information content (AvgIpc) is 2.50. The first-order valence-electron chi connectivity index (χ1n) is 7.11. The van der Waals surface area contributed by atoms with Crippen LogP contribution in [0.2, 0.25) is 5.02 Å². The van der Waals surface area contributed by atoms with Gasteiger partial charge >= 0.3 is 0 Å². The van der Waals surface area contributed by atoms with E-state index >= 15 is 0 Å². The first-order chi connectivity index (χ1) is 11.2. The van der Waals surface area contributed by atoms with Crippen LogP contribution in [0.25, 0.3) is 0 Å². The smallest absolute Gasteiger partial charge is 0.258 e. The Labute approximate surface area is 144 Å². The standard InChI is InChI=1S/C16H16ClFN2O3S/c1-3-19-24(22,23)11-5-6-14(18)12(9-11)16(21)20-15-7-4-10(2)8-13(15)17/h4-9,19H,3H2,1-2H3,(H,20,21). The Morgan fingerprint density at radius 3 is 2.54 bits per heavy atom. The lowest BCUT2D eigenvalue weighted by atomic mass is 10.2. The molecule has 24 heavy (non-hydrogen) atoms. The highest BCUT2D eigenvalue weighted by atomic mass is 35.5. The Balaban J connectivity index is 2.35. The summed E-state index contributed by atoms with van der Waals surface area (Å²) in [5.41, 5.74) is 0.833. The normalized spacial score (nSPS) is 11.3. The lowest BCUT2D eigenvalue weighted by Gasteiger charge is -2.10. The van der Waals surface area contributed by atoms with Gasteiger partial charge in [0.15, 0.2) is 0 Å². The molecule has 2 aromatic carbocycles. The molecule has 0 aliphatic carbocycles. The minimum atomic E-state index is -3.79. The number of rotatable bonds is 5. The number of sulfonamides is 1. The molecule has 0 fully saturated rings. The van der Waals surface area contributed by atoms with E-state index in [0.29, 0.717) is 10.7 Å². The predicted octanol–water partition coefficient (Wildman–Crippen LogP) is 3.34. The largest absolute Gasteiger partial charge is 0.321 e. The van der Waals surface area contributed by atoms with E-state index in [1.54, 1.807) is 25.1 Å². The average molecular weight is 371 g/mol. The number of carbonyl (C=O) groups excluding carboxylic acids is 1. The third kappa shape index (κ3) is 4.11. The van der Waals surface area contributed by atoms with E-state index in [9.17, 15) is 17.6 Å². The van der Waals surface area contributed by atoms with Crippen molar-refractivity contribution >= 4 is 33.2 Å². The van der Waals surface area contributed by atoms with Gasteiger partial charge in [-0.1, -0.05) is 24.6 Å². The third-order valence-corrected chi connectivity index (χ3v) is 5.06. The molecule has 0 saturated heterocycles. The summed E-state index contributed by atoms with van der Waals surface area (Å²) >= 11 is 6.03. The fourth-order valence-corrected chi connectivity index (χ4v) is 3.38. The van der Waals surface area contributed by atoms with Gasteiger partial charge in [-0.2, -0.15) is 0 Å². The van der Waals surface area contributed by atoms with Crippen LogP contribution in [-0.4, -0.2) is 20.9 Å². The van der Waals surface area contributed by atoms with Crippen molar-refractivity contribution < 1.29 is 17.6 Å². The zero-order chi connectivity index (χ0) is 17.9. The van der Waals surface area contributed by atoms with Crippen molar-refractivity contribution in [3.63, 3.8) is 0 Å². The van der Waals surface area contributed by atoms with E-state index in [1.165, 1.54) is 0 Å². The molecule has 0 aliphatic rings. The number of halogens is 2. The van der Waals surface area contributed by atoms with Crippen LogP contribution in [0.5, 0.6) is 0 Å². The Bertz CT molecular complexity index is 885. The Hall–Kier alpha value is -1.96. The number of nitrogens with one attached hydrogen (secondary N) is 2. The minimum absolute atomic E-state index is 0.181. The number of carbonyl (C=O) groups is 1. The number of aryl methyl sites for hydroxylation is 1. The second-order valence-corrected chi connectivity index (χ2v) is 7.25. The topological polar surface area (TPSA) is 75.3 Å². The molecule has 2 aromatic rings. The van der Waals surface area contributed by atoms with Crippen LogP contribution in [0.3, 0.4) is 0 Å². The summed E-state index contributed by atoms with van der Waals surface area (Å²) < 4.78 is 40.2. The van der Waals surface area contributed by atoms with Crippen LogP contribution in [0.4, 0.5) is 10.1 Å². The van der Waals surface area contributed by atoms with Crippen molar-refractivity contribution in [2.45, 2.75) is 18.7 Å². The van der Waals surface area contributed by atoms with Gasteiger partial charge in [-0.3, -0.25) is 4.79 Å². The van der Waals surface area contributed by atoms with Crippen molar-refractivity contribution in [2.75, 3.05) is 11.9 Å². The van der Waals surface area contributed by atoms with Crippen LogP contribution >= 0.6 is 11.6 Å². The van der Waals surface area contributed by atoms with Crippen molar-refractivity contribution in [2.24, 2.45) is 0 Å². The molecule has 0 radical (unpaired) electrons. The molecule has 2 rings (SSSR count). The van der Waals surface area contributed by atoms with E-state index in [-0.39, 0.29) is 17.0 Å². The van der Waals surface area contributed by atoms with Gasteiger partial charge in [0.1, 0.15) is 5.82 Å². The summed E-state index contributed by atoms with van der Waals surface area (Å²) in [5, 5.41) is 2.78. The van der Waals surface area contributed by atoms with E-state index in [0.717, 1.165) is 23.8 Å². The molecule has 2 N–H and O–H groups in total. The molecule has 0 bridgehead atoms. The van der Waals surface area contributed by atoms with Crippen molar-refractivity contribution in [3.05, 3.63) is 58.4 Å². The number of hydrogen-bond acceptors (Lipinski definition) is 3. The summed E-state index contributed by atoms with van der Waals surface area (Å²) in [6.45, 7) is 3.64. The molecule has 0 atom stereocenters. The van der Waals surface area contributed by atoms with Gasteiger partial charge in [0, 0.05) is 6.54 Å². The molecule has 1 amide bonds. The molecular weight excluding hydrogens is 355 g/mol. The molecule has 0 saturated carbocycles. The Morgan fingerprint density at radius 1 is 1.21 bits per heavy atom. The van der Waals surface area contributed by atoms with Gasteiger partial charge in [0.2, 0.25) is 10.0 Å². The maximum absolute atomic E-state index is 14.0. The van der Waals surface area contributed by atoms with Crippen molar-refractivity contribution in [3.8, 4) is 0 Å². The van der Waals surface area contributed by atoms with E-state index in [1.807, 2.05) is 6.92 Å². The molecule has 0 aromatic heterocycles. The first-order valence-corrected chi connectivity index (χ1v) is 8.97. The molecule has 0 aliphatic heterocycles. The van der Waals surface area contributed by atoms with Crippen LogP contribution in [-0.2, 0) is 10.0 Å². The highest BCUT2D eigenvalue weighted by Gasteiger charge is 2.19. The predicted molar refractivity (Wildman–Crippen MR) is 91.4 cm³/mol. The van der Waals surface area contributed by atoms with E-state index in [4.69, 9.17) is 11.6 Å². The third-order valence-electron chi connectivity index (χ3n) is 3.20. The van der Waals surface area contributed by atoms with Crippen LogP contribution in [0.1, 0.15) is 22.8 Å². The lowest BCUT2D eigenvalue weighted by Crippen LogP contribution is -2.24. The van der Waals surface area contributed by atoms with Crippen molar-refractivity contribution in [1.29, 1.82) is 0 Å². The maximum atomic E-state index is 14.0. The highest BCUT2D eigenvalue weighted by Crippen LogP contribution is 2.24. The summed E-state index contributed by atoms with van der Waals surface area (Å²) in [4.78, 5) is 12.1. The fraction of sp³-hybridized carbons (Fsp3) is 0.188. The number of benzene rings is 2.